The van der Waals surface area contributed by atoms with Crippen LogP contribution in [-0.2, 0) is 0 Å². The first kappa shape index (κ1) is 32.7. The van der Waals surface area contributed by atoms with Gasteiger partial charge >= 0.3 is 0 Å². The van der Waals surface area contributed by atoms with Gasteiger partial charge in [-0.15, -0.1) is 0 Å². The second-order valence-electron chi connectivity index (χ2n) is 11.3. The van der Waals surface area contributed by atoms with Gasteiger partial charge in [-0.05, 0) is 49.8 Å². The van der Waals surface area contributed by atoms with Crippen molar-refractivity contribution in [2.75, 3.05) is 5.32 Å². The predicted molar refractivity (Wildman–Crippen MR) is 189 cm³/mol. The summed E-state index contributed by atoms with van der Waals surface area (Å²) in [5.74, 6) is 3.57. The molecule has 0 aliphatic carbocycles. The van der Waals surface area contributed by atoms with Crippen LogP contribution in [0.25, 0.3) is 34.3 Å². The van der Waals surface area contributed by atoms with Gasteiger partial charge in [-0.3, -0.25) is 0 Å². The fraction of sp³-hybridized carbons (Fsp3) is 0.205. The fourth-order valence-electron chi connectivity index (χ4n) is 5.02. The third-order valence-electron chi connectivity index (χ3n) is 7.47. The molecule has 0 bridgehead atoms. The van der Waals surface area contributed by atoms with Crippen molar-refractivity contribution in [2.45, 2.75) is 34.6 Å². The average Bonchev–Trinajstić information content (AvgIpc) is 3.06. The number of anilines is 1. The van der Waals surface area contributed by atoms with Crippen molar-refractivity contribution in [3.8, 4) is 34.3 Å². The van der Waals surface area contributed by atoms with Gasteiger partial charge in [0.2, 0.25) is 0 Å². The van der Waals surface area contributed by atoms with E-state index in [0.717, 1.165) is 28.0 Å². The first-order valence-electron chi connectivity index (χ1n) is 15.3. The van der Waals surface area contributed by atoms with E-state index in [1.54, 1.807) is 0 Å². The molecule has 45 heavy (non-hydrogen) atoms. The van der Waals surface area contributed by atoms with Gasteiger partial charge in [-0.2, -0.15) is 0 Å². The summed E-state index contributed by atoms with van der Waals surface area (Å²) in [7, 11) is 0. The van der Waals surface area contributed by atoms with E-state index >= 15 is 0 Å². The molecule has 0 amide bonds. The highest BCUT2D eigenvalue weighted by Crippen LogP contribution is 2.26. The first-order valence-corrected chi connectivity index (χ1v) is 15.3. The lowest BCUT2D eigenvalue weighted by atomic mass is 9.83. The van der Waals surface area contributed by atoms with Crippen LogP contribution in [0.4, 0.5) is 5.82 Å². The van der Waals surface area contributed by atoms with Crippen molar-refractivity contribution in [3.05, 3.63) is 139 Å². The molecule has 2 atom stereocenters. The number of aromatic nitrogens is 4. The SMILES string of the molecule is C=C/C=C\C(C)[C@H](\C=C/C(C)=C/C(C=N)=C(\C)Nc1cccc(-c2nc(-c3ccccc3)nc(-c3ccccc3)n2)n1)C(C)C. The summed E-state index contributed by atoms with van der Waals surface area (Å²) >= 11 is 0. The summed E-state index contributed by atoms with van der Waals surface area (Å²) in [6.07, 6.45) is 13.8. The molecular weight excluding hydrogens is 552 g/mol. The highest BCUT2D eigenvalue weighted by Gasteiger charge is 2.16. The summed E-state index contributed by atoms with van der Waals surface area (Å²) in [4.78, 5) is 19.2. The van der Waals surface area contributed by atoms with E-state index in [1.807, 2.05) is 104 Å². The third-order valence-corrected chi connectivity index (χ3v) is 7.47. The van der Waals surface area contributed by atoms with Crippen molar-refractivity contribution in [1.29, 1.82) is 5.41 Å². The lowest BCUT2D eigenvalue weighted by Crippen LogP contribution is -2.13. The number of pyridine rings is 1. The van der Waals surface area contributed by atoms with Gasteiger partial charge in [-0.25, -0.2) is 19.9 Å². The Balaban J connectivity index is 1.63. The summed E-state index contributed by atoms with van der Waals surface area (Å²) in [6.45, 7) is 14.5. The van der Waals surface area contributed by atoms with Crippen LogP contribution in [0.5, 0.6) is 0 Å². The Morgan fingerprint density at radius 2 is 1.36 bits per heavy atom. The van der Waals surface area contributed by atoms with Crippen LogP contribution in [0.1, 0.15) is 34.6 Å². The lowest BCUT2D eigenvalue weighted by Gasteiger charge is -2.22. The molecule has 0 aliphatic rings. The molecule has 2 heterocycles. The molecule has 4 aromatic rings. The lowest BCUT2D eigenvalue weighted by molar-refractivity contribution is 0.384. The Hall–Kier alpha value is -5.23. The van der Waals surface area contributed by atoms with Gasteiger partial charge in [0.1, 0.15) is 11.5 Å². The quantitative estimate of drug-likeness (QED) is 0.119. The molecule has 2 aromatic carbocycles. The number of nitrogens with one attached hydrogen (secondary N) is 2. The van der Waals surface area contributed by atoms with E-state index in [9.17, 15) is 0 Å². The van der Waals surface area contributed by atoms with E-state index in [-0.39, 0.29) is 0 Å². The summed E-state index contributed by atoms with van der Waals surface area (Å²) in [6, 6.07) is 25.5. The van der Waals surface area contributed by atoms with E-state index in [4.69, 9.17) is 25.3 Å². The summed E-state index contributed by atoms with van der Waals surface area (Å²) in [5.41, 5.74) is 5.07. The predicted octanol–water partition coefficient (Wildman–Crippen LogP) is 9.76. The highest BCUT2D eigenvalue weighted by atomic mass is 15.1. The molecule has 0 fully saturated rings. The molecule has 6 nitrogen and oxygen atoms in total. The van der Waals surface area contributed by atoms with Gasteiger partial charge in [0, 0.05) is 28.6 Å². The van der Waals surface area contributed by atoms with Gasteiger partial charge in [0.05, 0.1) is 0 Å². The van der Waals surface area contributed by atoms with E-state index < -0.39 is 0 Å². The third kappa shape index (κ3) is 9.13. The summed E-state index contributed by atoms with van der Waals surface area (Å²) < 4.78 is 0. The number of allylic oxidation sites excluding steroid dienone is 9. The van der Waals surface area contributed by atoms with Gasteiger partial charge in [0.15, 0.2) is 17.5 Å². The maximum Gasteiger partial charge on any atom is 0.182 e. The molecule has 6 heteroatoms. The first-order chi connectivity index (χ1) is 21.8. The van der Waals surface area contributed by atoms with Gasteiger partial charge in [0.25, 0.3) is 0 Å². The maximum absolute atomic E-state index is 8.11. The minimum atomic E-state index is 0.392. The van der Waals surface area contributed by atoms with Crippen molar-refractivity contribution < 1.29 is 0 Å². The zero-order chi connectivity index (χ0) is 32.2. The standard InChI is InChI=1S/C39H42N6/c1-7-8-16-29(5)34(27(2)3)24-23-28(4)25-33(26-40)30(6)41-36-22-15-21-35(42-36)39-44-37(31-17-11-9-12-18-31)43-38(45-39)32-19-13-10-14-20-32/h7-27,29,34,40H,1H2,2-6H3,(H,41,42)/b16-8-,24-23-,28-25+,33-30-,40-26?/t29?,34-/m1/s1. The topological polar surface area (TPSA) is 87.4 Å². The average molecular weight is 595 g/mol. The second kappa shape index (κ2) is 16.0. The van der Waals surface area contributed by atoms with Gasteiger partial charge in [-0.1, -0.05) is 130 Å². The Bertz CT molecular complexity index is 1660. The van der Waals surface area contributed by atoms with Crippen LogP contribution in [0.3, 0.4) is 0 Å². The zero-order valence-corrected chi connectivity index (χ0v) is 26.8. The van der Waals surface area contributed by atoms with Crippen LogP contribution in [0, 0.1) is 23.2 Å². The van der Waals surface area contributed by atoms with Crippen LogP contribution < -0.4 is 5.32 Å². The molecule has 2 N–H and O–H groups in total. The van der Waals surface area contributed by atoms with Crippen LogP contribution in [0.2, 0.25) is 0 Å². The number of hydrogen-bond donors (Lipinski definition) is 2. The monoisotopic (exact) mass is 594 g/mol. The minimum Gasteiger partial charge on any atom is -0.343 e. The van der Waals surface area contributed by atoms with E-state index in [0.29, 0.717) is 46.7 Å². The second-order valence-corrected chi connectivity index (χ2v) is 11.3. The van der Waals surface area contributed by atoms with Crippen molar-refractivity contribution in [3.63, 3.8) is 0 Å². The molecular formula is C39H42N6. The van der Waals surface area contributed by atoms with Crippen LogP contribution in [0.15, 0.2) is 139 Å². The molecule has 1 unspecified atom stereocenters. The molecule has 4 rings (SSSR count). The van der Waals surface area contributed by atoms with E-state index in [1.165, 1.54) is 6.21 Å². The minimum absolute atomic E-state index is 0.392. The van der Waals surface area contributed by atoms with Crippen LogP contribution >= 0.6 is 0 Å². The number of hydrogen-bond acceptors (Lipinski definition) is 6. The number of nitrogens with zero attached hydrogens (tertiary/aromatic N) is 4. The zero-order valence-electron chi connectivity index (χ0n) is 26.8. The molecule has 0 spiro atoms. The van der Waals surface area contributed by atoms with E-state index in [2.05, 4.69) is 57.8 Å². The molecule has 0 saturated carbocycles. The Morgan fingerprint density at radius 3 is 1.91 bits per heavy atom. The smallest absolute Gasteiger partial charge is 0.182 e. The Labute approximate surface area is 267 Å². The fourth-order valence-corrected chi connectivity index (χ4v) is 5.02. The molecule has 2 aromatic heterocycles. The maximum atomic E-state index is 8.11. The Morgan fingerprint density at radius 1 is 0.756 bits per heavy atom. The highest BCUT2D eigenvalue weighted by molar-refractivity contribution is 5.82. The normalized spacial score (nSPS) is 14.0. The molecule has 0 saturated heterocycles. The van der Waals surface area contributed by atoms with Crippen molar-refractivity contribution in [2.24, 2.45) is 17.8 Å². The molecule has 228 valence electrons. The van der Waals surface area contributed by atoms with Gasteiger partial charge < -0.3 is 10.7 Å². The summed E-state index contributed by atoms with van der Waals surface area (Å²) in [5, 5.41) is 11.5. The largest absolute Gasteiger partial charge is 0.343 e. The molecule has 0 aliphatic heterocycles. The molecule has 0 radical (unpaired) electrons. The number of benzene rings is 2. The van der Waals surface area contributed by atoms with Crippen molar-refractivity contribution in [1.82, 2.24) is 19.9 Å². The Kier molecular flexibility index (Phi) is 11.6. The van der Waals surface area contributed by atoms with Crippen LogP contribution in [-0.4, -0.2) is 26.2 Å². The van der Waals surface area contributed by atoms with Crippen molar-refractivity contribution >= 4 is 12.0 Å². The number of rotatable bonds is 13.